The highest BCUT2D eigenvalue weighted by molar-refractivity contribution is 6.25. The molecule has 1 heterocycles. The highest BCUT2D eigenvalue weighted by Gasteiger charge is 2.38. The molecule has 0 radical (unpaired) electrons. The van der Waals surface area contributed by atoms with E-state index < -0.39 is 0 Å². The Bertz CT molecular complexity index is 3260. The summed E-state index contributed by atoms with van der Waals surface area (Å²) in [5, 5.41) is 10.1. The highest BCUT2D eigenvalue weighted by atomic mass is 16.3. The standard InChI is InChI=1S/C54H38O/c1-53(2)42-19-11-9-13-34(42)41-29-32(23-26-43(41)53)48-35-14-5-7-16-37(35)49(38-17-8-6-15-36(38)48)33-21-25-39-45(30-33)54(3,4)44-27-22-31-24-28-47-52(50(31)51(39)44)40-18-10-12-20-46(40)55-47/h5-30H,1-4H3. The van der Waals surface area contributed by atoms with Gasteiger partial charge < -0.3 is 4.42 Å². The van der Waals surface area contributed by atoms with Crippen molar-refractivity contribution in [3.05, 3.63) is 180 Å². The van der Waals surface area contributed by atoms with E-state index in [4.69, 9.17) is 4.42 Å². The molecule has 260 valence electrons. The Balaban J connectivity index is 1.10. The lowest BCUT2D eigenvalue weighted by Crippen LogP contribution is -2.15. The van der Waals surface area contributed by atoms with Crippen LogP contribution in [-0.2, 0) is 10.8 Å². The lowest BCUT2D eigenvalue weighted by molar-refractivity contribution is 0.660. The van der Waals surface area contributed by atoms with E-state index in [1.165, 1.54) is 110 Å². The van der Waals surface area contributed by atoms with Crippen molar-refractivity contribution < 1.29 is 4.42 Å². The summed E-state index contributed by atoms with van der Waals surface area (Å²) in [6.45, 7) is 9.51. The molecule has 0 saturated carbocycles. The molecule has 0 atom stereocenters. The molecule has 1 heteroatoms. The van der Waals surface area contributed by atoms with Crippen molar-refractivity contribution in [2.75, 3.05) is 0 Å². The topological polar surface area (TPSA) is 13.1 Å². The summed E-state index contributed by atoms with van der Waals surface area (Å²) in [5.74, 6) is 0. The molecule has 0 amide bonds. The van der Waals surface area contributed by atoms with Gasteiger partial charge in [0.15, 0.2) is 0 Å². The van der Waals surface area contributed by atoms with Crippen LogP contribution in [0.5, 0.6) is 0 Å². The van der Waals surface area contributed by atoms with Gasteiger partial charge in [0.1, 0.15) is 11.2 Å². The number of benzene rings is 9. The summed E-state index contributed by atoms with van der Waals surface area (Å²) >= 11 is 0. The second kappa shape index (κ2) is 10.6. The minimum absolute atomic E-state index is 0.0238. The van der Waals surface area contributed by atoms with E-state index in [2.05, 4.69) is 185 Å². The fraction of sp³-hybridized carbons (Fsp3) is 0.111. The van der Waals surface area contributed by atoms with Crippen LogP contribution in [0.4, 0.5) is 0 Å². The first-order chi connectivity index (χ1) is 26.8. The number of furan rings is 1. The van der Waals surface area contributed by atoms with Gasteiger partial charge in [-0.2, -0.15) is 0 Å². The van der Waals surface area contributed by atoms with Crippen molar-refractivity contribution in [3.8, 4) is 44.5 Å². The molecule has 1 nitrogen and oxygen atoms in total. The van der Waals surface area contributed by atoms with Crippen molar-refractivity contribution in [1.29, 1.82) is 0 Å². The van der Waals surface area contributed by atoms with Crippen LogP contribution in [0.1, 0.15) is 49.9 Å². The summed E-state index contributed by atoms with van der Waals surface area (Å²) < 4.78 is 6.41. The molecule has 0 N–H and O–H groups in total. The van der Waals surface area contributed by atoms with Gasteiger partial charge in [-0.15, -0.1) is 0 Å². The summed E-state index contributed by atoms with van der Waals surface area (Å²) in [4.78, 5) is 0. The SMILES string of the molecule is CC1(C)c2ccccc2-c2cc(-c3c4ccccc4c(-c4ccc5c(c4)C(C)(C)c4ccc6ccc7oc8ccccc8c7c6c4-5)c4ccccc34)ccc21. The van der Waals surface area contributed by atoms with Crippen molar-refractivity contribution in [1.82, 2.24) is 0 Å². The maximum Gasteiger partial charge on any atom is 0.136 e. The van der Waals surface area contributed by atoms with Crippen LogP contribution >= 0.6 is 0 Å². The smallest absolute Gasteiger partial charge is 0.136 e. The van der Waals surface area contributed by atoms with Gasteiger partial charge in [0.25, 0.3) is 0 Å². The Hall–Kier alpha value is -6.44. The summed E-state index contributed by atoms with van der Waals surface area (Å²) in [5.41, 5.74) is 17.7. The predicted molar refractivity (Wildman–Crippen MR) is 232 cm³/mol. The number of hydrogen-bond acceptors (Lipinski definition) is 1. The number of hydrogen-bond donors (Lipinski definition) is 0. The Morgan fingerprint density at radius 3 is 1.62 bits per heavy atom. The zero-order valence-electron chi connectivity index (χ0n) is 31.4. The van der Waals surface area contributed by atoms with Gasteiger partial charge >= 0.3 is 0 Å². The minimum atomic E-state index is -0.184. The van der Waals surface area contributed by atoms with E-state index in [1.54, 1.807) is 0 Å². The summed E-state index contributed by atoms with van der Waals surface area (Å²) in [6.07, 6.45) is 0. The normalized spacial score (nSPS) is 14.8. The van der Waals surface area contributed by atoms with E-state index in [9.17, 15) is 0 Å². The van der Waals surface area contributed by atoms with Crippen molar-refractivity contribution in [3.63, 3.8) is 0 Å². The van der Waals surface area contributed by atoms with Crippen LogP contribution in [-0.4, -0.2) is 0 Å². The zero-order chi connectivity index (χ0) is 36.8. The molecule has 9 aromatic carbocycles. The molecule has 0 fully saturated rings. The lowest BCUT2D eigenvalue weighted by Gasteiger charge is -2.23. The first-order valence-corrected chi connectivity index (χ1v) is 19.5. The Morgan fingerprint density at radius 2 is 0.891 bits per heavy atom. The number of para-hydroxylation sites is 1. The van der Waals surface area contributed by atoms with Gasteiger partial charge in [-0.05, 0) is 118 Å². The first-order valence-electron chi connectivity index (χ1n) is 19.5. The Labute approximate surface area is 320 Å². The lowest BCUT2D eigenvalue weighted by atomic mass is 9.80. The second-order valence-electron chi connectivity index (χ2n) is 16.8. The maximum absolute atomic E-state index is 6.41. The fourth-order valence-electron chi connectivity index (χ4n) is 10.6. The molecule has 1 aromatic heterocycles. The largest absolute Gasteiger partial charge is 0.456 e. The van der Waals surface area contributed by atoms with Crippen molar-refractivity contribution >= 4 is 54.3 Å². The van der Waals surface area contributed by atoms with Crippen molar-refractivity contribution in [2.45, 2.75) is 38.5 Å². The zero-order valence-corrected chi connectivity index (χ0v) is 31.4. The molecule has 0 spiro atoms. The molecule has 2 aliphatic rings. The molecular formula is C54H38O. The van der Waals surface area contributed by atoms with Crippen LogP contribution in [0.3, 0.4) is 0 Å². The molecule has 10 aromatic rings. The molecule has 0 saturated heterocycles. The molecular weight excluding hydrogens is 665 g/mol. The maximum atomic E-state index is 6.41. The van der Waals surface area contributed by atoms with E-state index in [0.717, 1.165) is 11.2 Å². The highest BCUT2D eigenvalue weighted by Crippen LogP contribution is 2.55. The monoisotopic (exact) mass is 702 g/mol. The molecule has 0 bridgehead atoms. The second-order valence-corrected chi connectivity index (χ2v) is 16.8. The van der Waals surface area contributed by atoms with E-state index in [-0.39, 0.29) is 10.8 Å². The van der Waals surface area contributed by atoms with Gasteiger partial charge in [-0.3, -0.25) is 0 Å². The molecule has 12 rings (SSSR count). The van der Waals surface area contributed by atoms with Gasteiger partial charge in [0.2, 0.25) is 0 Å². The first kappa shape index (κ1) is 31.0. The van der Waals surface area contributed by atoms with Gasteiger partial charge in [0.05, 0.1) is 0 Å². The number of rotatable bonds is 2. The van der Waals surface area contributed by atoms with Crippen LogP contribution < -0.4 is 0 Å². The molecule has 55 heavy (non-hydrogen) atoms. The average molecular weight is 703 g/mol. The Morgan fingerprint density at radius 1 is 0.345 bits per heavy atom. The third-order valence-electron chi connectivity index (χ3n) is 13.3. The quantitative estimate of drug-likeness (QED) is 0.163. The van der Waals surface area contributed by atoms with Crippen LogP contribution in [0.2, 0.25) is 0 Å². The fourth-order valence-corrected chi connectivity index (χ4v) is 10.6. The Kier molecular flexibility index (Phi) is 5.98. The average Bonchev–Trinajstić information content (AvgIpc) is 3.79. The predicted octanol–water partition coefficient (Wildman–Crippen LogP) is 15.0. The van der Waals surface area contributed by atoms with Crippen LogP contribution in [0.25, 0.3) is 98.8 Å². The molecule has 2 aliphatic carbocycles. The number of fused-ring (bicyclic) bond motifs is 14. The van der Waals surface area contributed by atoms with Crippen LogP contribution in [0, 0.1) is 0 Å². The summed E-state index contributed by atoms with van der Waals surface area (Å²) in [7, 11) is 0. The minimum Gasteiger partial charge on any atom is -0.456 e. The third kappa shape index (κ3) is 3.98. The summed E-state index contributed by atoms with van der Waals surface area (Å²) in [6, 6.07) is 59.0. The molecule has 0 unspecified atom stereocenters. The van der Waals surface area contributed by atoms with Gasteiger partial charge in [-0.1, -0.05) is 161 Å². The molecule has 0 aliphatic heterocycles. The van der Waals surface area contributed by atoms with Crippen molar-refractivity contribution in [2.24, 2.45) is 0 Å². The third-order valence-corrected chi connectivity index (χ3v) is 13.3. The van der Waals surface area contributed by atoms with Crippen LogP contribution in [0.15, 0.2) is 162 Å². The van der Waals surface area contributed by atoms with E-state index >= 15 is 0 Å². The van der Waals surface area contributed by atoms with E-state index in [1.807, 2.05) is 0 Å². The van der Waals surface area contributed by atoms with Gasteiger partial charge in [0, 0.05) is 27.0 Å². The van der Waals surface area contributed by atoms with Gasteiger partial charge in [-0.25, -0.2) is 0 Å². The van der Waals surface area contributed by atoms with E-state index in [0.29, 0.717) is 0 Å².